The van der Waals surface area contributed by atoms with E-state index in [1.807, 2.05) is 4.68 Å². The van der Waals surface area contributed by atoms with Gasteiger partial charge in [0, 0.05) is 18.7 Å². The number of benzene rings is 1. The van der Waals surface area contributed by atoms with E-state index in [2.05, 4.69) is 52.4 Å². The van der Waals surface area contributed by atoms with Crippen molar-refractivity contribution in [3.8, 4) is 11.3 Å². The van der Waals surface area contributed by atoms with E-state index in [1.54, 1.807) is 0 Å². The summed E-state index contributed by atoms with van der Waals surface area (Å²) in [5.41, 5.74) is 9.18. The molecule has 2 aromatic rings. The van der Waals surface area contributed by atoms with Crippen LogP contribution in [0.2, 0.25) is 0 Å². The fraction of sp³-hybridized carbons (Fsp3) is 0.357. The average molecular weight is 321 g/mol. The van der Waals surface area contributed by atoms with Crippen molar-refractivity contribution < 1.29 is 0 Å². The third kappa shape index (κ3) is 2.17. The van der Waals surface area contributed by atoms with Gasteiger partial charge in [-0.3, -0.25) is 0 Å². The fourth-order valence-corrected chi connectivity index (χ4v) is 3.06. The maximum Gasteiger partial charge on any atom is 0.139 e. The zero-order valence-electron chi connectivity index (χ0n) is 10.9. The van der Waals surface area contributed by atoms with Crippen LogP contribution in [0.4, 0.5) is 5.82 Å². The number of nitrogens with zero attached hydrogens (tertiary/aromatic N) is 2. The van der Waals surface area contributed by atoms with Gasteiger partial charge in [-0.2, -0.15) is 5.10 Å². The summed E-state index contributed by atoms with van der Waals surface area (Å²) in [5, 5.41) is 8.12. The van der Waals surface area contributed by atoms with Gasteiger partial charge in [-0.25, -0.2) is 4.68 Å². The van der Waals surface area contributed by atoms with Gasteiger partial charge in [0.2, 0.25) is 0 Å². The lowest BCUT2D eigenvalue weighted by molar-refractivity contribution is 0.428. The van der Waals surface area contributed by atoms with Crippen molar-refractivity contribution in [2.24, 2.45) is 5.73 Å². The van der Waals surface area contributed by atoms with E-state index in [0.717, 1.165) is 34.5 Å². The van der Waals surface area contributed by atoms with Gasteiger partial charge in [-0.15, -0.1) is 0 Å². The predicted molar refractivity (Wildman–Crippen MR) is 81.3 cm³/mol. The van der Waals surface area contributed by atoms with Crippen molar-refractivity contribution in [3.05, 3.63) is 34.3 Å². The summed E-state index contributed by atoms with van der Waals surface area (Å²) >= 11 is 3.66. The Morgan fingerprint density at radius 2 is 2.16 bits per heavy atom. The second-order valence-corrected chi connectivity index (χ2v) is 5.72. The van der Waals surface area contributed by atoms with E-state index in [-0.39, 0.29) is 6.04 Å². The molecule has 0 saturated carbocycles. The average Bonchev–Trinajstić information content (AvgIpc) is 2.77. The van der Waals surface area contributed by atoms with Crippen LogP contribution in [-0.2, 0) is 0 Å². The molecule has 3 N–H and O–H groups in total. The van der Waals surface area contributed by atoms with Gasteiger partial charge in [0.15, 0.2) is 0 Å². The number of hydrogen-bond acceptors (Lipinski definition) is 3. The molecule has 5 heteroatoms. The minimum Gasteiger partial charge on any atom is -0.369 e. The number of rotatable bonds is 2. The van der Waals surface area contributed by atoms with E-state index in [4.69, 9.17) is 10.8 Å². The van der Waals surface area contributed by atoms with Gasteiger partial charge >= 0.3 is 0 Å². The smallest absolute Gasteiger partial charge is 0.139 e. The molecule has 0 amide bonds. The number of hydrogen-bond donors (Lipinski definition) is 2. The predicted octanol–water partition coefficient (Wildman–Crippen LogP) is 2.94. The summed E-state index contributed by atoms with van der Waals surface area (Å²) in [4.78, 5) is 0. The highest BCUT2D eigenvalue weighted by Crippen LogP contribution is 2.37. The van der Waals surface area contributed by atoms with Gasteiger partial charge in [-0.05, 0) is 29.3 Å². The first-order valence-corrected chi connectivity index (χ1v) is 7.29. The van der Waals surface area contributed by atoms with Gasteiger partial charge in [0.25, 0.3) is 0 Å². The van der Waals surface area contributed by atoms with Crippen molar-refractivity contribution in [1.82, 2.24) is 9.78 Å². The van der Waals surface area contributed by atoms with Crippen molar-refractivity contribution in [1.29, 1.82) is 0 Å². The largest absolute Gasteiger partial charge is 0.369 e. The summed E-state index contributed by atoms with van der Waals surface area (Å²) in [6.45, 7) is 3.65. The highest BCUT2D eigenvalue weighted by atomic mass is 79.9. The molecular formula is C14H17BrN4. The topological polar surface area (TPSA) is 55.9 Å². The molecule has 2 heterocycles. The normalized spacial score (nSPS) is 17.9. The molecule has 0 fully saturated rings. The van der Waals surface area contributed by atoms with Crippen LogP contribution < -0.4 is 11.1 Å². The highest BCUT2D eigenvalue weighted by molar-refractivity contribution is 9.10. The molecule has 1 aliphatic heterocycles. The van der Waals surface area contributed by atoms with Crippen LogP contribution in [0, 0.1) is 6.92 Å². The molecule has 0 spiro atoms. The lowest BCUT2D eigenvalue weighted by Gasteiger charge is -2.24. The SMILES string of the molecule is Cc1ccc(-c2nn3c(c2Br)NCCC3CN)cc1. The first-order chi connectivity index (χ1) is 9.20. The molecule has 1 atom stereocenters. The van der Waals surface area contributed by atoms with Gasteiger partial charge in [0.05, 0.1) is 10.5 Å². The minimum atomic E-state index is 0.284. The zero-order valence-corrected chi connectivity index (χ0v) is 12.4. The minimum absolute atomic E-state index is 0.284. The molecule has 3 rings (SSSR count). The van der Waals surface area contributed by atoms with E-state index in [0.29, 0.717) is 6.54 Å². The second kappa shape index (κ2) is 4.98. The van der Waals surface area contributed by atoms with Crippen LogP contribution in [0.3, 0.4) is 0 Å². The van der Waals surface area contributed by atoms with Crippen LogP contribution in [0.25, 0.3) is 11.3 Å². The standard InChI is InChI=1S/C14H17BrN4/c1-9-2-4-10(5-3-9)13-12(15)14-17-7-6-11(8-16)19(14)18-13/h2-5,11,17H,6-8,16H2,1H3. The summed E-state index contributed by atoms with van der Waals surface area (Å²) in [5.74, 6) is 1.04. The molecule has 19 heavy (non-hydrogen) atoms. The fourth-order valence-electron chi connectivity index (χ4n) is 2.43. The first kappa shape index (κ1) is 12.7. The quantitative estimate of drug-likeness (QED) is 0.894. The number of anilines is 1. The number of nitrogens with two attached hydrogens (primary N) is 1. The highest BCUT2D eigenvalue weighted by Gasteiger charge is 2.25. The molecule has 100 valence electrons. The van der Waals surface area contributed by atoms with Crippen LogP contribution in [-0.4, -0.2) is 22.9 Å². The monoisotopic (exact) mass is 320 g/mol. The van der Waals surface area contributed by atoms with E-state index in [9.17, 15) is 0 Å². The molecule has 0 aliphatic carbocycles. The molecule has 1 unspecified atom stereocenters. The van der Waals surface area contributed by atoms with Crippen molar-refractivity contribution in [2.75, 3.05) is 18.4 Å². The molecule has 4 nitrogen and oxygen atoms in total. The Labute approximate surface area is 121 Å². The first-order valence-electron chi connectivity index (χ1n) is 6.49. The summed E-state index contributed by atoms with van der Waals surface area (Å²) in [7, 11) is 0. The Morgan fingerprint density at radius 1 is 1.42 bits per heavy atom. The third-order valence-electron chi connectivity index (χ3n) is 3.57. The number of aryl methyl sites for hydroxylation is 1. The number of halogens is 1. The van der Waals surface area contributed by atoms with Crippen LogP contribution in [0.5, 0.6) is 0 Å². The third-order valence-corrected chi connectivity index (χ3v) is 4.32. The Balaban J connectivity index is 2.08. The summed E-state index contributed by atoms with van der Waals surface area (Å²) in [6.07, 6.45) is 1.02. The van der Waals surface area contributed by atoms with E-state index in [1.165, 1.54) is 5.56 Å². The maximum atomic E-state index is 5.83. The Kier molecular flexibility index (Phi) is 3.33. The summed E-state index contributed by atoms with van der Waals surface area (Å²) < 4.78 is 3.04. The van der Waals surface area contributed by atoms with E-state index >= 15 is 0 Å². The maximum absolute atomic E-state index is 5.83. The van der Waals surface area contributed by atoms with Gasteiger partial charge in [0.1, 0.15) is 11.5 Å². The van der Waals surface area contributed by atoms with Gasteiger partial charge < -0.3 is 11.1 Å². The Morgan fingerprint density at radius 3 is 2.84 bits per heavy atom. The zero-order chi connectivity index (χ0) is 13.4. The molecule has 0 radical (unpaired) electrons. The molecule has 1 aromatic carbocycles. The Bertz CT molecular complexity index is 588. The lowest BCUT2D eigenvalue weighted by atomic mass is 10.1. The number of aromatic nitrogens is 2. The lowest BCUT2D eigenvalue weighted by Crippen LogP contribution is -2.28. The number of fused-ring (bicyclic) bond motifs is 1. The molecule has 0 bridgehead atoms. The van der Waals surface area contributed by atoms with Gasteiger partial charge in [-0.1, -0.05) is 29.8 Å². The van der Waals surface area contributed by atoms with Crippen molar-refractivity contribution >= 4 is 21.7 Å². The molecular weight excluding hydrogens is 304 g/mol. The van der Waals surface area contributed by atoms with Crippen molar-refractivity contribution in [2.45, 2.75) is 19.4 Å². The van der Waals surface area contributed by atoms with Crippen molar-refractivity contribution in [3.63, 3.8) is 0 Å². The molecule has 1 aliphatic rings. The molecule has 1 aromatic heterocycles. The number of nitrogens with one attached hydrogen (secondary N) is 1. The van der Waals surface area contributed by atoms with E-state index < -0.39 is 0 Å². The Hall–Kier alpha value is -1.33. The van der Waals surface area contributed by atoms with Crippen LogP contribution in [0.1, 0.15) is 18.0 Å². The molecule has 0 saturated heterocycles. The van der Waals surface area contributed by atoms with Crippen LogP contribution in [0.15, 0.2) is 28.7 Å². The summed E-state index contributed by atoms with van der Waals surface area (Å²) in [6, 6.07) is 8.70. The van der Waals surface area contributed by atoms with Crippen LogP contribution >= 0.6 is 15.9 Å². The second-order valence-electron chi connectivity index (χ2n) is 4.93.